The minimum Gasteiger partial charge on any atom is -0.386 e. The monoisotopic (exact) mass is 335 g/mol. The molecule has 0 radical (unpaired) electrons. The molecule has 110 valence electrons. The summed E-state index contributed by atoms with van der Waals surface area (Å²) in [6, 6.07) is 4.10. The maximum absolute atomic E-state index is 13.6. The quantitative estimate of drug-likeness (QED) is 0.890. The summed E-state index contributed by atoms with van der Waals surface area (Å²) >= 11 is 9.14. The molecule has 0 bridgehead atoms. The van der Waals surface area contributed by atoms with Crippen LogP contribution >= 0.6 is 35.1 Å². The Kier molecular flexibility index (Phi) is 5.60. The van der Waals surface area contributed by atoms with Crippen LogP contribution in [0.5, 0.6) is 0 Å². The smallest absolute Gasteiger partial charge is 0.255 e. The lowest BCUT2D eigenvalue weighted by Crippen LogP contribution is -2.46. The van der Waals surface area contributed by atoms with Crippen LogP contribution < -0.4 is 5.32 Å². The zero-order valence-electron chi connectivity index (χ0n) is 10.7. The first kappa shape index (κ1) is 15.9. The van der Waals surface area contributed by atoms with E-state index < -0.39 is 17.3 Å². The van der Waals surface area contributed by atoms with Crippen LogP contribution in [-0.4, -0.2) is 46.2 Å². The van der Waals surface area contributed by atoms with E-state index in [2.05, 4.69) is 5.32 Å². The number of hydrogen-bond acceptors (Lipinski definition) is 4. The van der Waals surface area contributed by atoms with Gasteiger partial charge in [0.2, 0.25) is 0 Å². The molecular weight excluding hydrogens is 321 g/mol. The summed E-state index contributed by atoms with van der Waals surface area (Å²) in [4.78, 5) is 12.0. The fourth-order valence-corrected chi connectivity index (χ4v) is 4.61. The number of hydrogen-bond donors (Lipinski definition) is 2. The standard InChI is InChI=1S/C13H15ClFNO2S2/c14-9-2-1-3-10(15)11(9)12(17)16-6-13(18)7-19-4-5-20-8-13/h1-3,18H,4-8H2,(H,16,17). The van der Waals surface area contributed by atoms with Gasteiger partial charge in [-0.15, -0.1) is 0 Å². The first-order valence-electron chi connectivity index (χ1n) is 6.12. The van der Waals surface area contributed by atoms with Gasteiger partial charge in [-0.1, -0.05) is 17.7 Å². The Morgan fingerprint density at radius 3 is 2.65 bits per heavy atom. The summed E-state index contributed by atoms with van der Waals surface area (Å²) < 4.78 is 13.6. The maximum atomic E-state index is 13.6. The van der Waals surface area contributed by atoms with Gasteiger partial charge in [0, 0.05) is 29.6 Å². The van der Waals surface area contributed by atoms with Gasteiger partial charge >= 0.3 is 0 Å². The summed E-state index contributed by atoms with van der Waals surface area (Å²) in [6.45, 7) is 0.0937. The number of aliphatic hydroxyl groups is 1. The van der Waals surface area contributed by atoms with Crippen LogP contribution in [0.15, 0.2) is 18.2 Å². The van der Waals surface area contributed by atoms with Crippen molar-refractivity contribution in [3.8, 4) is 0 Å². The molecule has 2 N–H and O–H groups in total. The summed E-state index contributed by atoms with van der Waals surface area (Å²) in [5.41, 5.74) is -1.13. The molecule has 0 aromatic heterocycles. The molecule has 0 spiro atoms. The molecule has 20 heavy (non-hydrogen) atoms. The second kappa shape index (κ2) is 7.02. The van der Waals surface area contributed by atoms with Crippen molar-refractivity contribution in [2.45, 2.75) is 5.60 Å². The number of rotatable bonds is 3. The lowest BCUT2D eigenvalue weighted by molar-refractivity contribution is 0.0751. The summed E-state index contributed by atoms with van der Waals surface area (Å²) in [5, 5.41) is 13.0. The van der Waals surface area contributed by atoms with Crippen LogP contribution in [0.4, 0.5) is 4.39 Å². The molecule has 7 heteroatoms. The Morgan fingerprint density at radius 1 is 1.40 bits per heavy atom. The second-order valence-corrected chi connectivity index (χ2v) is 7.23. The average Bonchev–Trinajstić information content (AvgIpc) is 2.62. The number of carbonyl (C=O) groups excluding carboxylic acids is 1. The van der Waals surface area contributed by atoms with E-state index in [1.807, 2.05) is 0 Å². The third kappa shape index (κ3) is 4.04. The molecule has 1 aliphatic heterocycles. The molecule has 0 unspecified atom stereocenters. The molecule has 1 amide bonds. The summed E-state index contributed by atoms with van der Waals surface area (Å²) in [7, 11) is 0. The highest BCUT2D eigenvalue weighted by Gasteiger charge is 2.30. The molecule has 0 atom stereocenters. The molecule has 1 fully saturated rings. The van der Waals surface area contributed by atoms with Gasteiger partial charge in [-0.2, -0.15) is 23.5 Å². The minimum absolute atomic E-state index is 0.0686. The molecule has 1 aliphatic rings. The Morgan fingerprint density at radius 2 is 2.05 bits per heavy atom. The van der Waals surface area contributed by atoms with Crippen LogP contribution in [0.3, 0.4) is 0 Å². The molecule has 3 nitrogen and oxygen atoms in total. The van der Waals surface area contributed by atoms with Gasteiger partial charge in [0.15, 0.2) is 0 Å². The SMILES string of the molecule is O=C(NCC1(O)CSCCSC1)c1c(F)cccc1Cl. The Bertz CT molecular complexity index is 473. The van der Waals surface area contributed by atoms with Crippen molar-refractivity contribution in [3.05, 3.63) is 34.6 Å². The van der Waals surface area contributed by atoms with Crippen LogP contribution in [0, 0.1) is 5.82 Å². The van der Waals surface area contributed by atoms with E-state index >= 15 is 0 Å². The Hall–Kier alpha value is -0.430. The largest absolute Gasteiger partial charge is 0.386 e. The van der Waals surface area contributed by atoms with Gasteiger partial charge in [-0.25, -0.2) is 4.39 Å². The minimum atomic E-state index is -0.959. The first-order valence-corrected chi connectivity index (χ1v) is 8.81. The summed E-state index contributed by atoms with van der Waals surface area (Å²) in [6.07, 6.45) is 0. The van der Waals surface area contributed by atoms with E-state index in [0.29, 0.717) is 11.5 Å². The predicted octanol–water partition coefficient (Wildman–Crippen LogP) is 2.42. The second-order valence-electron chi connectivity index (χ2n) is 4.61. The Balaban J connectivity index is 2.01. The van der Waals surface area contributed by atoms with Crippen molar-refractivity contribution < 1.29 is 14.3 Å². The molecule has 1 saturated heterocycles. The molecule has 1 heterocycles. The van der Waals surface area contributed by atoms with Crippen LogP contribution in [-0.2, 0) is 0 Å². The van der Waals surface area contributed by atoms with E-state index in [1.54, 1.807) is 23.5 Å². The number of nitrogens with one attached hydrogen (secondary N) is 1. The topological polar surface area (TPSA) is 49.3 Å². The molecule has 1 aromatic carbocycles. The van der Waals surface area contributed by atoms with E-state index in [1.165, 1.54) is 18.2 Å². The van der Waals surface area contributed by atoms with Gasteiger partial charge in [0.25, 0.3) is 5.91 Å². The predicted molar refractivity (Wildman–Crippen MR) is 83.3 cm³/mol. The van der Waals surface area contributed by atoms with E-state index in [0.717, 1.165) is 11.5 Å². The average molecular weight is 336 g/mol. The van der Waals surface area contributed by atoms with Crippen LogP contribution in [0.1, 0.15) is 10.4 Å². The van der Waals surface area contributed by atoms with Crippen molar-refractivity contribution in [2.75, 3.05) is 29.6 Å². The number of thioether (sulfide) groups is 2. The number of benzene rings is 1. The van der Waals surface area contributed by atoms with E-state index in [-0.39, 0.29) is 17.1 Å². The van der Waals surface area contributed by atoms with E-state index in [9.17, 15) is 14.3 Å². The first-order chi connectivity index (χ1) is 9.52. The normalized spacial score (nSPS) is 18.4. The zero-order valence-corrected chi connectivity index (χ0v) is 13.1. The zero-order chi connectivity index (χ0) is 14.6. The van der Waals surface area contributed by atoms with Gasteiger partial charge in [0.05, 0.1) is 16.2 Å². The third-order valence-electron chi connectivity index (χ3n) is 2.88. The van der Waals surface area contributed by atoms with Gasteiger partial charge < -0.3 is 10.4 Å². The van der Waals surface area contributed by atoms with Crippen LogP contribution in [0.25, 0.3) is 0 Å². The van der Waals surface area contributed by atoms with Gasteiger partial charge in [-0.05, 0) is 12.1 Å². The van der Waals surface area contributed by atoms with Crippen molar-refractivity contribution in [1.82, 2.24) is 5.32 Å². The summed E-state index contributed by atoms with van der Waals surface area (Å²) in [5.74, 6) is 1.84. The third-order valence-corrected chi connectivity index (χ3v) is 5.92. The lowest BCUT2D eigenvalue weighted by Gasteiger charge is -2.25. The van der Waals surface area contributed by atoms with Crippen molar-refractivity contribution in [3.63, 3.8) is 0 Å². The van der Waals surface area contributed by atoms with Gasteiger partial charge in [0.1, 0.15) is 5.82 Å². The van der Waals surface area contributed by atoms with Crippen molar-refractivity contribution >= 4 is 41.0 Å². The lowest BCUT2D eigenvalue weighted by atomic mass is 10.1. The highest BCUT2D eigenvalue weighted by molar-refractivity contribution is 8.03. The molecular formula is C13H15ClFNO2S2. The van der Waals surface area contributed by atoms with Gasteiger partial charge in [-0.3, -0.25) is 4.79 Å². The fraction of sp³-hybridized carbons (Fsp3) is 0.462. The molecule has 1 aromatic rings. The highest BCUT2D eigenvalue weighted by Crippen LogP contribution is 2.24. The number of carbonyl (C=O) groups is 1. The van der Waals surface area contributed by atoms with Crippen LogP contribution in [0.2, 0.25) is 5.02 Å². The maximum Gasteiger partial charge on any atom is 0.255 e. The number of amides is 1. The van der Waals surface area contributed by atoms with E-state index in [4.69, 9.17) is 11.6 Å². The number of halogens is 2. The fourth-order valence-electron chi connectivity index (χ4n) is 1.83. The highest BCUT2D eigenvalue weighted by atomic mass is 35.5. The Labute approximate surface area is 130 Å². The molecule has 2 rings (SSSR count). The molecule has 0 aliphatic carbocycles. The molecule has 0 saturated carbocycles. The van der Waals surface area contributed by atoms with Crippen molar-refractivity contribution in [1.29, 1.82) is 0 Å². The van der Waals surface area contributed by atoms with Crippen molar-refractivity contribution in [2.24, 2.45) is 0 Å².